The van der Waals surface area contributed by atoms with Crippen LogP contribution in [0, 0.1) is 0 Å². The maximum Gasteiger partial charge on any atom is 0.315 e. The Morgan fingerprint density at radius 1 is 1.10 bits per heavy atom. The molecule has 0 bridgehead atoms. The van der Waals surface area contributed by atoms with Crippen LogP contribution in [0.2, 0.25) is 0 Å². The Labute approximate surface area is 173 Å². The van der Waals surface area contributed by atoms with Gasteiger partial charge in [0.1, 0.15) is 0 Å². The molecule has 30 heavy (non-hydrogen) atoms. The third-order valence-corrected chi connectivity index (χ3v) is 5.03. The number of nitrogens with one attached hydrogen (secondary N) is 2. The highest BCUT2D eigenvalue weighted by molar-refractivity contribution is 5.97. The molecule has 0 aliphatic carbocycles. The first-order valence-corrected chi connectivity index (χ1v) is 9.52. The smallest absolute Gasteiger partial charge is 0.315 e. The number of hydrogen-bond acceptors (Lipinski definition) is 6. The van der Waals surface area contributed by atoms with Gasteiger partial charge in [0, 0.05) is 31.3 Å². The van der Waals surface area contributed by atoms with E-state index in [1.165, 1.54) is 0 Å². The van der Waals surface area contributed by atoms with Gasteiger partial charge < -0.3 is 34.5 Å². The molecule has 1 atom stereocenters. The van der Waals surface area contributed by atoms with Crippen LogP contribution in [0.5, 0.6) is 23.0 Å². The van der Waals surface area contributed by atoms with Crippen molar-refractivity contribution in [1.29, 1.82) is 0 Å². The first kappa shape index (κ1) is 19.7. The summed E-state index contributed by atoms with van der Waals surface area (Å²) >= 11 is 0. The minimum absolute atomic E-state index is 0.0664. The zero-order valence-electron chi connectivity index (χ0n) is 16.8. The molecule has 9 nitrogen and oxygen atoms in total. The standard InChI is InChI=1S/C21H23N3O6/c1-27-16-6-4-15(9-18(16)28-2)24-11-14(8-20(24)25)23-21(26)22-10-13-3-5-17-19(7-13)30-12-29-17/h3-7,9,14H,8,10-12H2,1-2H3,(H2,22,23,26)/t14-/m0/s1. The minimum Gasteiger partial charge on any atom is -0.493 e. The maximum absolute atomic E-state index is 12.5. The summed E-state index contributed by atoms with van der Waals surface area (Å²) in [6, 6.07) is 10.2. The van der Waals surface area contributed by atoms with Crippen molar-refractivity contribution >= 4 is 17.6 Å². The van der Waals surface area contributed by atoms with Crippen molar-refractivity contribution in [3.8, 4) is 23.0 Å². The van der Waals surface area contributed by atoms with Gasteiger partial charge in [-0.25, -0.2) is 4.79 Å². The van der Waals surface area contributed by atoms with Crippen molar-refractivity contribution in [2.45, 2.75) is 19.0 Å². The number of rotatable bonds is 6. The normalized spacial score (nSPS) is 17.1. The number of fused-ring (bicyclic) bond motifs is 1. The summed E-state index contributed by atoms with van der Waals surface area (Å²) in [6.07, 6.45) is 0.228. The Morgan fingerprint density at radius 3 is 2.70 bits per heavy atom. The number of carbonyl (C=O) groups is 2. The molecule has 4 rings (SSSR count). The van der Waals surface area contributed by atoms with E-state index in [1.54, 1.807) is 37.3 Å². The van der Waals surface area contributed by atoms with Gasteiger partial charge in [-0.3, -0.25) is 4.79 Å². The number of benzene rings is 2. The second-order valence-electron chi connectivity index (χ2n) is 6.96. The summed E-state index contributed by atoms with van der Waals surface area (Å²) in [5.41, 5.74) is 1.59. The van der Waals surface area contributed by atoms with E-state index in [1.807, 2.05) is 18.2 Å². The Balaban J connectivity index is 1.32. The molecule has 0 saturated carbocycles. The Kier molecular flexibility index (Phi) is 5.51. The molecule has 2 aromatic rings. The molecule has 2 N–H and O–H groups in total. The fourth-order valence-corrected chi connectivity index (χ4v) is 3.52. The highest BCUT2D eigenvalue weighted by Crippen LogP contribution is 2.33. The lowest BCUT2D eigenvalue weighted by Crippen LogP contribution is -2.43. The molecule has 158 valence electrons. The van der Waals surface area contributed by atoms with Crippen LogP contribution in [0.1, 0.15) is 12.0 Å². The second-order valence-corrected chi connectivity index (χ2v) is 6.96. The molecular formula is C21H23N3O6. The molecule has 2 heterocycles. The number of carbonyl (C=O) groups excluding carboxylic acids is 2. The number of amides is 3. The summed E-state index contributed by atoms with van der Waals surface area (Å²) in [7, 11) is 3.10. The lowest BCUT2D eigenvalue weighted by Gasteiger charge is -2.19. The van der Waals surface area contributed by atoms with Crippen LogP contribution in [-0.2, 0) is 11.3 Å². The summed E-state index contributed by atoms with van der Waals surface area (Å²) in [6.45, 7) is 0.924. The monoisotopic (exact) mass is 413 g/mol. The summed E-state index contributed by atoms with van der Waals surface area (Å²) < 4.78 is 21.2. The molecule has 0 radical (unpaired) electrons. The third-order valence-electron chi connectivity index (χ3n) is 5.03. The summed E-state index contributed by atoms with van der Waals surface area (Å²) in [4.78, 5) is 26.4. The van der Waals surface area contributed by atoms with Gasteiger partial charge >= 0.3 is 6.03 Å². The number of ether oxygens (including phenoxy) is 4. The van der Waals surface area contributed by atoms with Crippen LogP contribution in [0.4, 0.5) is 10.5 Å². The topological polar surface area (TPSA) is 98.4 Å². The fraction of sp³-hybridized carbons (Fsp3) is 0.333. The van der Waals surface area contributed by atoms with Gasteiger partial charge in [0.15, 0.2) is 23.0 Å². The molecule has 0 unspecified atom stereocenters. The lowest BCUT2D eigenvalue weighted by atomic mass is 10.2. The lowest BCUT2D eigenvalue weighted by molar-refractivity contribution is -0.117. The molecule has 2 aliphatic rings. The van der Waals surface area contributed by atoms with Gasteiger partial charge in [-0.05, 0) is 29.8 Å². The zero-order valence-corrected chi connectivity index (χ0v) is 16.8. The van der Waals surface area contributed by atoms with Crippen molar-refractivity contribution in [3.63, 3.8) is 0 Å². The second kappa shape index (κ2) is 8.40. The molecule has 1 saturated heterocycles. The fourth-order valence-electron chi connectivity index (χ4n) is 3.52. The van der Waals surface area contributed by atoms with E-state index < -0.39 is 0 Å². The Bertz CT molecular complexity index is 964. The van der Waals surface area contributed by atoms with E-state index in [-0.39, 0.29) is 31.2 Å². The quantitative estimate of drug-likeness (QED) is 0.752. The largest absolute Gasteiger partial charge is 0.493 e. The average molecular weight is 413 g/mol. The van der Waals surface area contributed by atoms with E-state index in [0.717, 1.165) is 5.56 Å². The third kappa shape index (κ3) is 4.05. The average Bonchev–Trinajstić information content (AvgIpc) is 3.37. The van der Waals surface area contributed by atoms with Crippen LogP contribution < -0.4 is 34.5 Å². The van der Waals surface area contributed by atoms with Crippen LogP contribution in [0.15, 0.2) is 36.4 Å². The van der Waals surface area contributed by atoms with Crippen LogP contribution in [-0.4, -0.2) is 45.5 Å². The van der Waals surface area contributed by atoms with Crippen LogP contribution >= 0.6 is 0 Å². The first-order valence-electron chi connectivity index (χ1n) is 9.52. The number of hydrogen-bond donors (Lipinski definition) is 2. The Morgan fingerprint density at radius 2 is 1.90 bits per heavy atom. The summed E-state index contributed by atoms with van der Waals surface area (Å²) in [5, 5.41) is 5.67. The van der Waals surface area contributed by atoms with Crippen LogP contribution in [0.3, 0.4) is 0 Å². The summed E-state index contributed by atoms with van der Waals surface area (Å²) in [5.74, 6) is 2.43. The predicted molar refractivity (Wildman–Crippen MR) is 108 cm³/mol. The number of nitrogens with zero attached hydrogens (tertiary/aromatic N) is 1. The van der Waals surface area contributed by atoms with Gasteiger partial charge in [-0.15, -0.1) is 0 Å². The number of methoxy groups -OCH3 is 2. The molecule has 2 aliphatic heterocycles. The van der Waals surface area contributed by atoms with Crippen molar-refractivity contribution in [3.05, 3.63) is 42.0 Å². The van der Waals surface area contributed by atoms with Gasteiger partial charge in [0.05, 0.1) is 20.3 Å². The van der Waals surface area contributed by atoms with Crippen LogP contribution in [0.25, 0.3) is 0 Å². The minimum atomic E-state index is -0.334. The molecular weight excluding hydrogens is 390 g/mol. The molecule has 9 heteroatoms. The van der Waals surface area contributed by atoms with E-state index in [9.17, 15) is 9.59 Å². The van der Waals surface area contributed by atoms with E-state index in [4.69, 9.17) is 18.9 Å². The van der Waals surface area contributed by atoms with Gasteiger partial charge in [-0.2, -0.15) is 0 Å². The molecule has 0 aromatic heterocycles. The molecule has 1 fully saturated rings. The molecule has 2 aromatic carbocycles. The number of anilines is 1. The SMILES string of the molecule is COc1ccc(N2C[C@@H](NC(=O)NCc3ccc4c(c3)OCO4)CC2=O)cc1OC. The zero-order chi connectivity index (χ0) is 21.1. The van der Waals surface area contributed by atoms with Crippen molar-refractivity contribution in [2.24, 2.45) is 0 Å². The molecule has 3 amide bonds. The van der Waals surface area contributed by atoms with Crippen molar-refractivity contribution in [1.82, 2.24) is 10.6 Å². The number of urea groups is 1. The Hall–Kier alpha value is -3.62. The highest BCUT2D eigenvalue weighted by Gasteiger charge is 2.32. The highest BCUT2D eigenvalue weighted by atomic mass is 16.7. The van der Waals surface area contributed by atoms with E-state index in [2.05, 4.69) is 10.6 Å². The van der Waals surface area contributed by atoms with E-state index >= 15 is 0 Å². The maximum atomic E-state index is 12.5. The van der Waals surface area contributed by atoms with Gasteiger partial charge in [0.2, 0.25) is 12.7 Å². The van der Waals surface area contributed by atoms with Gasteiger partial charge in [-0.1, -0.05) is 6.07 Å². The molecule has 0 spiro atoms. The van der Waals surface area contributed by atoms with Crippen molar-refractivity contribution < 1.29 is 28.5 Å². The first-order chi connectivity index (χ1) is 14.6. The van der Waals surface area contributed by atoms with Gasteiger partial charge in [0.25, 0.3) is 0 Å². The van der Waals surface area contributed by atoms with Crippen molar-refractivity contribution in [2.75, 3.05) is 32.5 Å². The predicted octanol–water partition coefficient (Wildman–Crippen LogP) is 2.04. The van der Waals surface area contributed by atoms with E-state index in [0.29, 0.717) is 41.8 Å².